The number of hydrogen-bond acceptors (Lipinski definition) is 3. The van der Waals surface area contributed by atoms with Crippen molar-refractivity contribution in [3.8, 4) is 0 Å². The number of hydrogen-bond donors (Lipinski definition) is 1. The molecule has 2 unspecified atom stereocenters. The lowest BCUT2D eigenvalue weighted by Gasteiger charge is -2.60. The molecule has 3 heteroatoms. The number of fused-ring (bicyclic) bond motifs is 5. The van der Waals surface area contributed by atoms with Gasteiger partial charge in [-0.15, -0.1) is 0 Å². The molecule has 0 bridgehead atoms. The monoisotopic (exact) mass is 329 g/mol. The van der Waals surface area contributed by atoms with Gasteiger partial charge in [0.1, 0.15) is 0 Å². The molecule has 4 fully saturated rings. The number of nitrogens with zero attached hydrogens (tertiary/aromatic N) is 1. The maximum atomic E-state index is 12.1. The van der Waals surface area contributed by atoms with E-state index in [1.165, 1.54) is 37.9 Å². The van der Waals surface area contributed by atoms with Gasteiger partial charge in [0.05, 0.1) is 6.10 Å². The summed E-state index contributed by atoms with van der Waals surface area (Å²) in [5.41, 5.74) is 1.83. The van der Waals surface area contributed by atoms with Gasteiger partial charge < -0.3 is 5.11 Å². The summed E-state index contributed by atoms with van der Waals surface area (Å²) in [6, 6.07) is 0.621. The highest BCUT2D eigenvalue weighted by Crippen LogP contribution is 2.66. The first-order chi connectivity index (χ1) is 11.4. The minimum absolute atomic E-state index is 0.101. The number of carbonyl (C=O) groups excluding carboxylic acids is 1. The van der Waals surface area contributed by atoms with Gasteiger partial charge in [-0.05, 0) is 73.2 Å². The summed E-state index contributed by atoms with van der Waals surface area (Å²) in [6.45, 7) is 7.29. The Hall–Kier alpha value is -0.670. The van der Waals surface area contributed by atoms with E-state index < -0.39 is 0 Å². The third-order valence-corrected chi connectivity index (χ3v) is 8.88. The number of ketones is 1. The van der Waals surface area contributed by atoms with Gasteiger partial charge in [-0.3, -0.25) is 9.69 Å². The zero-order valence-corrected chi connectivity index (χ0v) is 15.1. The van der Waals surface area contributed by atoms with E-state index in [1.807, 2.05) is 6.08 Å². The maximum absolute atomic E-state index is 12.1. The fourth-order valence-electron chi connectivity index (χ4n) is 7.26. The maximum Gasteiger partial charge on any atom is 0.155 e. The van der Waals surface area contributed by atoms with Crippen molar-refractivity contribution >= 4 is 5.78 Å². The van der Waals surface area contributed by atoms with Gasteiger partial charge in [-0.1, -0.05) is 19.4 Å². The molecule has 0 amide bonds. The molecule has 132 valence electrons. The largest absolute Gasteiger partial charge is 0.393 e. The molecule has 4 aliphatic carbocycles. The number of carbonyl (C=O) groups is 1. The summed E-state index contributed by atoms with van der Waals surface area (Å²) in [6.07, 6.45) is 9.42. The predicted molar refractivity (Wildman–Crippen MR) is 93.5 cm³/mol. The molecular formula is C21H31NO2. The molecule has 1 saturated heterocycles. The van der Waals surface area contributed by atoms with Crippen molar-refractivity contribution in [2.75, 3.05) is 13.1 Å². The first-order valence-electron chi connectivity index (χ1n) is 10.1. The molecule has 5 rings (SSSR count). The molecule has 3 nitrogen and oxygen atoms in total. The Morgan fingerprint density at radius 2 is 1.92 bits per heavy atom. The van der Waals surface area contributed by atoms with Crippen LogP contribution in [0, 0.1) is 28.6 Å². The third kappa shape index (κ3) is 1.94. The van der Waals surface area contributed by atoms with E-state index in [4.69, 9.17) is 0 Å². The highest BCUT2D eigenvalue weighted by atomic mass is 16.3. The van der Waals surface area contributed by atoms with Crippen molar-refractivity contribution in [1.29, 1.82) is 0 Å². The molecule has 1 N–H and O–H groups in total. The van der Waals surface area contributed by atoms with Crippen LogP contribution in [0.2, 0.25) is 0 Å². The molecule has 0 aromatic carbocycles. The summed E-state index contributed by atoms with van der Waals surface area (Å²) in [5.74, 6) is 2.45. The Balaban J connectivity index is 1.58. The lowest BCUT2D eigenvalue weighted by molar-refractivity contribution is -0.119. The molecule has 1 aliphatic heterocycles. The number of aliphatic hydroxyl groups excluding tert-OH is 1. The molecule has 5 aliphatic rings. The zero-order chi connectivity index (χ0) is 16.7. The van der Waals surface area contributed by atoms with Gasteiger partial charge >= 0.3 is 0 Å². The lowest BCUT2D eigenvalue weighted by Crippen LogP contribution is -2.57. The van der Waals surface area contributed by atoms with Crippen LogP contribution < -0.4 is 0 Å². The smallest absolute Gasteiger partial charge is 0.155 e. The van der Waals surface area contributed by atoms with Crippen molar-refractivity contribution < 1.29 is 9.90 Å². The van der Waals surface area contributed by atoms with Crippen molar-refractivity contribution in [3.05, 3.63) is 11.6 Å². The normalized spacial score (nSPS) is 53.9. The van der Waals surface area contributed by atoms with E-state index in [2.05, 4.69) is 18.7 Å². The van der Waals surface area contributed by atoms with Crippen LogP contribution in [0.5, 0.6) is 0 Å². The van der Waals surface area contributed by atoms with Crippen molar-refractivity contribution in [3.63, 3.8) is 0 Å². The quantitative estimate of drug-likeness (QED) is 0.751. The van der Waals surface area contributed by atoms with Gasteiger partial charge in [0, 0.05) is 25.6 Å². The average Bonchev–Trinajstić information content (AvgIpc) is 3.34. The van der Waals surface area contributed by atoms with Gasteiger partial charge in [0.15, 0.2) is 5.78 Å². The average molecular weight is 329 g/mol. The number of aliphatic hydroxyl groups is 1. The van der Waals surface area contributed by atoms with Crippen LogP contribution in [0.15, 0.2) is 11.6 Å². The van der Waals surface area contributed by atoms with E-state index in [-0.39, 0.29) is 16.9 Å². The molecule has 0 spiro atoms. The lowest BCUT2D eigenvalue weighted by atomic mass is 9.46. The van der Waals surface area contributed by atoms with E-state index >= 15 is 0 Å². The van der Waals surface area contributed by atoms with Gasteiger partial charge in [0.2, 0.25) is 0 Å². The van der Waals surface area contributed by atoms with E-state index in [9.17, 15) is 9.90 Å². The van der Waals surface area contributed by atoms with Crippen molar-refractivity contribution in [2.45, 2.75) is 70.9 Å². The van der Waals surface area contributed by atoms with Gasteiger partial charge in [-0.2, -0.15) is 0 Å². The van der Waals surface area contributed by atoms with E-state index in [0.717, 1.165) is 31.6 Å². The summed E-state index contributed by atoms with van der Waals surface area (Å²) in [7, 11) is 0. The van der Waals surface area contributed by atoms with E-state index in [1.54, 1.807) is 0 Å². The van der Waals surface area contributed by atoms with Gasteiger partial charge in [-0.25, -0.2) is 0 Å². The summed E-state index contributed by atoms with van der Waals surface area (Å²) >= 11 is 0. The Bertz CT molecular complexity index is 609. The van der Waals surface area contributed by atoms with Crippen molar-refractivity contribution in [1.82, 2.24) is 4.90 Å². The molecular weight excluding hydrogens is 298 g/mol. The molecule has 0 radical (unpaired) electrons. The van der Waals surface area contributed by atoms with Crippen LogP contribution in [0.4, 0.5) is 0 Å². The van der Waals surface area contributed by atoms with Gasteiger partial charge in [0.25, 0.3) is 0 Å². The molecule has 1 heterocycles. The Morgan fingerprint density at radius 1 is 1.12 bits per heavy atom. The fraction of sp³-hybridized carbons (Fsp3) is 0.857. The first kappa shape index (κ1) is 15.6. The molecule has 24 heavy (non-hydrogen) atoms. The third-order valence-electron chi connectivity index (χ3n) is 8.88. The molecule has 3 saturated carbocycles. The molecule has 7 atom stereocenters. The topological polar surface area (TPSA) is 40.3 Å². The predicted octanol–water partition coefficient (Wildman–Crippen LogP) is 3.17. The van der Waals surface area contributed by atoms with Crippen molar-refractivity contribution in [2.24, 2.45) is 28.6 Å². The number of rotatable bonds is 1. The highest BCUT2D eigenvalue weighted by molar-refractivity contribution is 5.91. The van der Waals surface area contributed by atoms with Crippen LogP contribution in [0.25, 0.3) is 0 Å². The van der Waals surface area contributed by atoms with E-state index in [0.29, 0.717) is 23.7 Å². The fourth-order valence-corrected chi connectivity index (χ4v) is 7.26. The second kappa shape index (κ2) is 4.94. The summed E-state index contributed by atoms with van der Waals surface area (Å²) < 4.78 is 0. The minimum atomic E-state index is -0.101. The molecule has 0 aromatic rings. The van der Waals surface area contributed by atoms with Crippen LogP contribution >= 0.6 is 0 Å². The van der Waals surface area contributed by atoms with Crippen LogP contribution in [0.1, 0.15) is 58.8 Å². The molecule has 0 aromatic heterocycles. The summed E-state index contributed by atoms with van der Waals surface area (Å²) in [5, 5.41) is 10.7. The standard InChI is InChI=1S/C21H31NO2/c1-20-7-5-14(23)11-13(20)12-17(22-9-10-22)19-15-3-4-18(24)21(15,2)8-6-16(19)20/h11,15-19,24H,3-10,12H2,1-2H3/t15-,16-,17?,18?,19-,20-,21-/m0/s1. The second-order valence-electron chi connectivity index (χ2n) is 9.79. The second-order valence-corrected chi connectivity index (χ2v) is 9.79. The zero-order valence-electron chi connectivity index (χ0n) is 15.1. The van der Waals surface area contributed by atoms with Crippen LogP contribution in [-0.4, -0.2) is 41.0 Å². The van der Waals surface area contributed by atoms with Crippen LogP contribution in [0.3, 0.4) is 0 Å². The SMILES string of the molecule is C[C@]12CCC(=O)C=C1CC(N1CC1)[C@@H]1[C@@H]2CC[C@]2(C)C(O)CC[C@@H]12. The Kier molecular flexibility index (Phi) is 3.21. The highest BCUT2D eigenvalue weighted by Gasteiger charge is 2.62. The summed E-state index contributed by atoms with van der Waals surface area (Å²) in [4.78, 5) is 14.7. The Labute approximate surface area is 145 Å². The minimum Gasteiger partial charge on any atom is -0.393 e. The van der Waals surface area contributed by atoms with Crippen LogP contribution in [-0.2, 0) is 4.79 Å². The first-order valence-corrected chi connectivity index (χ1v) is 10.1. The Morgan fingerprint density at radius 3 is 2.67 bits per heavy atom.